The van der Waals surface area contributed by atoms with Gasteiger partial charge in [0.2, 0.25) is 0 Å². The van der Waals surface area contributed by atoms with E-state index in [0.29, 0.717) is 11.5 Å². The van der Waals surface area contributed by atoms with Crippen LogP contribution in [0.1, 0.15) is 50.3 Å². The molecule has 2 N–H and O–H groups in total. The van der Waals surface area contributed by atoms with E-state index in [1.165, 1.54) is 12.1 Å². The fourth-order valence-electron chi connectivity index (χ4n) is 2.86. The summed E-state index contributed by atoms with van der Waals surface area (Å²) in [6.07, 6.45) is -1.01. The van der Waals surface area contributed by atoms with Gasteiger partial charge in [0.1, 0.15) is 0 Å². The predicted molar refractivity (Wildman–Crippen MR) is 97.1 cm³/mol. The lowest BCUT2D eigenvalue weighted by Gasteiger charge is -2.22. The minimum atomic E-state index is -4.34. The third-order valence-electron chi connectivity index (χ3n) is 4.86. The number of nitrogens with one attached hydrogen (secondary N) is 2. The van der Waals surface area contributed by atoms with Gasteiger partial charge in [-0.1, -0.05) is 12.1 Å². The Morgan fingerprint density at radius 3 is 2.65 bits per heavy atom. The fourth-order valence-corrected chi connectivity index (χ4v) is 2.86. The predicted octanol–water partition coefficient (Wildman–Crippen LogP) is 4.14. The van der Waals surface area contributed by atoms with Gasteiger partial charge in [-0.15, -0.1) is 0 Å². The molecule has 7 heteroatoms. The highest BCUT2D eigenvalue weighted by molar-refractivity contribution is 5.80. The highest BCUT2D eigenvalue weighted by atomic mass is 19.4. The molecule has 0 aliphatic heterocycles. The number of hydrogen-bond acceptors (Lipinski definition) is 2. The van der Waals surface area contributed by atoms with Crippen molar-refractivity contribution >= 4 is 5.96 Å². The van der Waals surface area contributed by atoms with E-state index in [0.717, 1.165) is 45.1 Å². The number of alkyl halides is 3. The zero-order valence-electron chi connectivity index (χ0n) is 15.6. The number of aliphatic imine (C=N–C) groups is 1. The number of halogens is 3. The second kappa shape index (κ2) is 8.75. The molecule has 0 radical (unpaired) electrons. The lowest BCUT2D eigenvalue weighted by molar-refractivity contribution is -0.137. The summed E-state index contributed by atoms with van der Waals surface area (Å²) in [6, 6.07) is 5.08. The Kier molecular flexibility index (Phi) is 6.92. The van der Waals surface area contributed by atoms with Crippen molar-refractivity contribution in [1.29, 1.82) is 0 Å². The number of hydrogen-bond donors (Lipinski definition) is 2. The normalized spacial score (nSPS) is 17.7. The smallest absolute Gasteiger partial charge is 0.382 e. The number of benzene rings is 1. The summed E-state index contributed by atoms with van der Waals surface area (Å²) in [6.45, 7) is 6.07. The summed E-state index contributed by atoms with van der Waals surface area (Å²) < 4.78 is 44.1. The van der Waals surface area contributed by atoms with Crippen molar-refractivity contribution in [3.05, 3.63) is 35.4 Å². The van der Waals surface area contributed by atoms with Crippen molar-refractivity contribution in [2.45, 2.75) is 45.3 Å². The Hall–Kier alpha value is -1.76. The zero-order chi connectivity index (χ0) is 19.2. The minimum Gasteiger partial charge on any atom is -0.382 e. The van der Waals surface area contributed by atoms with E-state index in [-0.39, 0.29) is 11.5 Å². The Morgan fingerprint density at radius 2 is 2.08 bits per heavy atom. The first-order valence-corrected chi connectivity index (χ1v) is 9.02. The van der Waals surface area contributed by atoms with Gasteiger partial charge in [0.05, 0.1) is 11.6 Å². The van der Waals surface area contributed by atoms with Gasteiger partial charge in [0, 0.05) is 26.8 Å². The second-order valence-electron chi connectivity index (χ2n) is 6.86. The van der Waals surface area contributed by atoms with E-state index in [1.807, 2.05) is 13.8 Å². The van der Waals surface area contributed by atoms with Crippen LogP contribution in [-0.4, -0.2) is 32.8 Å². The number of guanidine groups is 1. The van der Waals surface area contributed by atoms with Gasteiger partial charge in [-0.2, -0.15) is 13.2 Å². The summed E-state index contributed by atoms with van der Waals surface area (Å²) >= 11 is 0. The molecule has 146 valence electrons. The first kappa shape index (κ1) is 20.6. The van der Waals surface area contributed by atoms with Crippen LogP contribution in [0.3, 0.4) is 0 Å². The first-order valence-electron chi connectivity index (χ1n) is 9.02. The van der Waals surface area contributed by atoms with E-state index in [1.54, 1.807) is 13.1 Å². The molecule has 1 saturated carbocycles. The van der Waals surface area contributed by atoms with Crippen LogP contribution < -0.4 is 10.6 Å². The summed E-state index contributed by atoms with van der Waals surface area (Å²) in [5.41, 5.74) is 0.186. The quantitative estimate of drug-likeness (QED) is 0.410. The number of nitrogens with zero attached hydrogens (tertiary/aromatic N) is 1. The van der Waals surface area contributed by atoms with Crippen LogP contribution in [0.15, 0.2) is 29.3 Å². The molecule has 1 aliphatic rings. The monoisotopic (exact) mass is 371 g/mol. The van der Waals surface area contributed by atoms with Crippen molar-refractivity contribution in [3.63, 3.8) is 0 Å². The summed E-state index contributed by atoms with van der Waals surface area (Å²) in [7, 11) is 1.66. The average molecular weight is 371 g/mol. The van der Waals surface area contributed by atoms with E-state index in [9.17, 15) is 13.2 Å². The third kappa shape index (κ3) is 5.90. The molecule has 1 aromatic carbocycles. The largest absolute Gasteiger partial charge is 0.416 e. The van der Waals surface area contributed by atoms with Crippen molar-refractivity contribution in [2.24, 2.45) is 10.4 Å². The van der Waals surface area contributed by atoms with Crippen LogP contribution in [0.25, 0.3) is 0 Å². The SMILES string of the molecule is CCOCCC1(CNC(=NC)NC(C)c2cccc(C(F)(F)F)c2)CC1. The molecule has 1 atom stereocenters. The van der Waals surface area contributed by atoms with Crippen LogP contribution in [0, 0.1) is 5.41 Å². The van der Waals surface area contributed by atoms with Gasteiger partial charge in [0.15, 0.2) is 5.96 Å². The van der Waals surface area contributed by atoms with Crippen molar-refractivity contribution in [1.82, 2.24) is 10.6 Å². The molecule has 0 spiro atoms. The third-order valence-corrected chi connectivity index (χ3v) is 4.86. The molecule has 1 aromatic rings. The van der Waals surface area contributed by atoms with Crippen LogP contribution >= 0.6 is 0 Å². The van der Waals surface area contributed by atoms with Gasteiger partial charge in [-0.05, 0) is 56.2 Å². The standard InChI is InChI=1S/C19H28F3N3O/c1-4-26-11-10-18(8-9-18)13-24-17(23-3)25-14(2)15-6-5-7-16(12-15)19(20,21)22/h5-7,12,14H,4,8-11,13H2,1-3H3,(H2,23,24,25). The number of ether oxygens (including phenoxy) is 1. The van der Waals surface area contributed by atoms with Crippen LogP contribution in [-0.2, 0) is 10.9 Å². The fraction of sp³-hybridized carbons (Fsp3) is 0.632. The molecule has 0 heterocycles. The average Bonchev–Trinajstić information content (AvgIpc) is 3.38. The molecule has 1 fully saturated rings. The molecular formula is C19H28F3N3O. The van der Waals surface area contributed by atoms with E-state index >= 15 is 0 Å². The van der Waals surface area contributed by atoms with E-state index < -0.39 is 11.7 Å². The van der Waals surface area contributed by atoms with Crippen LogP contribution in [0.2, 0.25) is 0 Å². The molecule has 0 aromatic heterocycles. The molecule has 1 unspecified atom stereocenters. The molecule has 2 rings (SSSR count). The second-order valence-corrected chi connectivity index (χ2v) is 6.86. The molecule has 0 bridgehead atoms. The lowest BCUT2D eigenvalue weighted by Crippen LogP contribution is -2.41. The van der Waals surface area contributed by atoms with Crippen LogP contribution in [0.4, 0.5) is 13.2 Å². The molecule has 26 heavy (non-hydrogen) atoms. The van der Waals surface area contributed by atoms with Gasteiger partial charge in [-0.25, -0.2) is 0 Å². The summed E-state index contributed by atoms with van der Waals surface area (Å²) in [5, 5.41) is 6.48. The van der Waals surface area contributed by atoms with Crippen molar-refractivity contribution in [2.75, 3.05) is 26.8 Å². The van der Waals surface area contributed by atoms with Gasteiger partial charge in [0.25, 0.3) is 0 Å². The van der Waals surface area contributed by atoms with E-state index in [4.69, 9.17) is 4.74 Å². The molecule has 4 nitrogen and oxygen atoms in total. The molecule has 0 amide bonds. The molecular weight excluding hydrogens is 343 g/mol. The van der Waals surface area contributed by atoms with Crippen molar-refractivity contribution in [3.8, 4) is 0 Å². The maximum atomic E-state index is 12.9. The topological polar surface area (TPSA) is 45.6 Å². The van der Waals surface area contributed by atoms with E-state index in [2.05, 4.69) is 15.6 Å². The molecule has 0 saturated heterocycles. The Labute approximate surface area is 153 Å². The van der Waals surface area contributed by atoms with Gasteiger partial charge in [-0.3, -0.25) is 4.99 Å². The summed E-state index contributed by atoms with van der Waals surface area (Å²) in [4.78, 5) is 4.19. The molecule has 1 aliphatic carbocycles. The Morgan fingerprint density at radius 1 is 1.35 bits per heavy atom. The Balaban J connectivity index is 1.90. The van der Waals surface area contributed by atoms with Crippen molar-refractivity contribution < 1.29 is 17.9 Å². The summed E-state index contributed by atoms with van der Waals surface area (Å²) in [5.74, 6) is 0.595. The maximum Gasteiger partial charge on any atom is 0.416 e. The highest BCUT2D eigenvalue weighted by Gasteiger charge is 2.42. The van der Waals surface area contributed by atoms with Gasteiger partial charge < -0.3 is 15.4 Å². The highest BCUT2D eigenvalue weighted by Crippen LogP contribution is 2.48. The lowest BCUT2D eigenvalue weighted by atomic mass is 10.0. The first-order chi connectivity index (χ1) is 12.3. The maximum absolute atomic E-state index is 12.9. The Bertz CT molecular complexity index is 612. The van der Waals surface area contributed by atoms with Crippen LogP contribution in [0.5, 0.6) is 0 Å². The van der Waals surface area contributed by atoms with Gasteiger partial charge >= 0.3 is 6.18 Å². The zero-order valence-corrected chi connectivity index (χ0v) is 15.6. The minimum absolute atomic E-state index is 0.256. The number of rotatable bonds is 8.